The van der Waals surface area contributed by atoms with Crippen molar-refractivity contribution in [2.24, 2.45) is 5.92 Å². The second-order valence-electron chi connectivity index (χ2n) is 8.72. The van der Waals surface area contributed by atoms with E-state index in [1.54, 1.807) is 20.3 Å². The van der Waals surface area contributed by atoms with Crippen molar-refractivity contribution in [2.45, 2.75) is 18.8 Å². The number of aromatic nitrogens is 2. The van der Waals surface area contributed by atoms with E-state index >= 15 is 0 Å². The van der Waals surface area contributed by atoms with Crippen LogP contribution in [-0.4, -0.2) is 61.2 Å². The smallest absolute Gasteiger partial charge is 0.228 e. The van der Waals surface area contributed by atoms with Gasteiger partial charge in [0.15, 0.2) is 11.5 Å². The Balaban J connectivity index is 1.23. The molecule has 2 aromatic carbocycles. The molecule has 0 unspecified atom stereocenters. The third kappa shape index (κ3) is 4.01. The molecule has 1 saturated heterocycles. The Morgan fingerprint density at radius 1 is 0.970 bits per heavy atom. The maximum absolute atomic E-state index is 13.0. The van der Waals surface area contributed by atoms with E-state index in [1.165, 1.54) is 5.56 Å². The highest BCUT2D eigenvalue weighted by Crippen LogP contribution is 2.42. The van der Waals surface area contributed by atoms with Gasteiger partial charge in [-0.15, -0.1) is 0 Å². The molecule has 0 bridgehead atoms. The topological polar surface area (TPSA) is 93.8 Å². The van der Waals surface area contributed by atoms with Crippen molar-refractivity contribution in [3.05, 3.63) is 48.0 Å². The lowest BCUT2D eigenvalue weighted by Gasteiger charge is -2.41. The number of anilines is 2. The average molecular weight is 448 g/mol. The van der Waals surface area contributed by atoms with Crippen molar-refractivity contribution < 1.29 is 14.3 Å². The van der Waals surface area contributed by atoms with Gasteiger partial charge in [-0.05, 0) is 30.4 Å². The van der Waals surface area contributed by atoms with Gasteiger partial charge in [-0.2, -0.15) is 4.98 Å². The summed E-state index contributed by atoms with van der Waals surface area (Å²) in [5, 5.41) is 0.725. The number of piperazine rings is 1. The van der Waals surface area contributed by atoms with Gasteiger partial charge < -0.3 is 25.0 Å². The van der Waals surface area contributed by atoms with Crippen molar-refractivity contribution in [1.29, 1.82) is 0 Å². The summed E-state index contributed by atoms with van der Waals surface area (Å²) in [5.41, 5.74) is 8.29. The number of hydrogen-bond acceptors (Lipinski definition) is 7. The van der Waals surface area contributed by atoms with Crippen molar-refractivity contribution in [3.63, 3.8) is 0 Å². The molecule has 1 aliphatic carbocycles. The number of nitrogen functional groups attached to an aromatic ring is 1. The predicted molar refractivity (Wildman–Crippen MR) is 128 cm³/mol. The quantitative estimate of drug-likeness (QED) is 0.642. The molecule has 1 aliphatic heterocycles. The third-order valence-corrected chi connectivity index (χ3v) is 6.85. The fraction of sp³-hybridized carbons (Fsp3) is 0.400. The molecule has 2 fully saturated rings. The van der Waals surface area contributed by atoms with Gasteiger partial charge >= 0.3 is 0 Å². The third-order valence-electron chi connectivity index (χ3n) is 6.85. The van der Waals surface area contributed by atoms with Crippen molar-refractivity contribution in [3.8, 4) is 11.5 Å². The van der Waals surface area contributed by atoms with Crippen LogP contribution in [-0.2, 0) is 4.79 Å². The summed E-state index contributed by atoms with van der Waals surface area (Å²) in [6.45, 7) is 2.69. The number of nitrogens with zero attached hydrogens (tertiary/aromatic N) is 4. The second-order valence-corrected chi connectivity index (χ2v) is 8.72. The van der Waals surface area contributed by atoms with Gasteiger partial charge in [-0.3, -0.25) is 4.79 Å². The Morgan fingerprint density at radius 3 is 2.30 bits per heavy atom. The lowest BCUT2D eigenvalue weighted by Crippen LogP contribution is -2.52. The lowest BCUT2D eigenvalue weighted by atomic mass is 9.71. The summed E-state index contributed by atoms with van der Waals surface area (Å²) in [6.07, 6.45) is 1.89. The molecule has 0 spiro atoms. The molecule has 33 heavy (non-hydrogen) atoms. The zero-order chi connectivity index (χ0) is 22.9. The molecule has 0 radical (unpaired) electrons. The van der Waals surface area contributed by atoms with E-state index in [-0.39, 0.29) is 11.8 Å². The zero-order valence-electron chi connectivity index (χ0n) is 19.0. The molecule has 2 N–H and O–H groups in total. The SMILES string of the molecule is COc1cc2nc(N3CCN(C(=O)[C@H]4C[C@H](c5ccccc5)C4)CC3)nc(N)c2cc1OC. The van der Waals surface area contributed by atoms with Gasteiger partial charge in [-0.25, -0.2) is 4.98 Å². The number of rotatable bonds is 5. The molecular formula is C25H29N5O3. The average Bonchev–Trinajstić information content (AvgIpc) is 2.83. The Bertz CT molecular complexity index is 1160. The first kappa shape index (κ1) is 21.3. The lowest BCUT2D eigenvalue weighted by molar-refractivity contribution is -0.139. The van der Waals surface area contributed by atoms with Crippen LogP contribution in [0.2, 0.25) is 0 Å². The normalized spacial score (nSPS) is 20.4. The molecule has 5 rings (SSSR count). The number of fused-ring (bicyclic) bond motifs is 1. The molecule has 8 heteroatoms. The highest BCUT2D eigenvalue weighted by Gasteiger charge is 2.38. The Labute approximate surface area is 193 Å². The van der Waals surface area contributed by atoms with Crippen molar-refractivity contribution in [2.75, 3.05) is 51.0 Å². The summed E-state index contributed by atoms with van der Waals surface area (Å²) in [6, 6.07) is 14.1. The first-order chi connectivity index (χ1) is 16.1. The minimum atomic E-state index is 0.136. The van der Waals surface area contributed by atoms with E-state index in [2.05, 4.69) is 34.1 Å². The minimum Gasteiger partial charge on any atom is -0.493 e. The second kappa shape index (κ2) is 8.77. The van der Waals surface area contributed by atoms with Crippen LogP contribution >= 0.6 is 0 Å². The number of hydrogen-bond donors (Lipinski definition) is 1. The summed E-state index contributed by atoms with van der Waals surface area (Å²) in [7, 11) is 3.18. The van der Waals surface area contributed by atoms with Crippen molar-refractivity contribution >= 4 is 28.6 Å². The molecule has 2 aliphatic rings. The number of carbonyl (C=O) groups is 1. The number of methoxy groups -OCH3 is 2. The maximum atomic E-state index is 13.0. The highest BCUT2D eigenvalue weighted by molar-refractivity contribution is 5.91. The Morgan fingerprint density at radius 2 is 1.64 bits per heavy atom. The van der Waals surface area contributed by atoms with E-state index in [1.807, 2.05) is 17.0 Å². The van der Waals surface area contributed by atoms with Crippen LogP contribution in [0, 0.1) is 5.92 Å². The molecular weight excluding hydrogens is 418 g/mol. The standard InChI is InChI=1S/C25H29N5O3/c1-32-21-14-19-20(15-22(21)33-2)27-25(28-23(19)26)30-10-8-29(9-11-30)24(31)18-12-17(13-18)16-6-4-3-5-7-16/h3-7,14-15,17-18H,8-13H2,1-2H3,(H2,26,27,28)/t17-,18-. The number of amides is 1. The van der Waals surface area contributed by atoms with E-state index in [0.717, 1.165) is 18.2 Å². The molecule has 172 valence electrons. The molecule has 1 amide bonds. The van der Waals surface area contributed by atoms with E-state index in [9.17, 15) is 4.79 Å². The van der Waals surface area contributed by atoms with Gasteiger partial charge in [0.05, 0.1) is 19.7 Å². The Kier molecular flexibility index (Phi) is 5.66. The largest absolute Gasteiger partial charge is 0.493 e. The number of benzene rings is 2. The van der Waals surface area contributed by atoms with Gasteiger partial charge in [0.25, 0.3) is 0 Å². The van der Waals surface area contributed by atoms with Crippen LogP contribution in [0.25, 0.3) is 10.9 Å². The van der Waals surface area contributed by atoms with Crippen LogP contribution < -0.4 is 20.1 Å². The molecule has 1 aromatic heterocycles. The van der Waals surface area contributed by atoms with E-state index < -0.39 is 0 Å². The molecule has 8 nitrogen and oxygen atoms in total. The van der Waals surface area contributed by atoms with Crippen LogP contribution in [0.1, 0.15) is 24.3 Å². The van der Waals surface area contributed by atoms with Gasteiger partial charge in [0, 0.05) is 43.5 Å². The number of nitrogens with two attached hydrogens (primary N) is 1. The van der Waals surface area contributed by atoms with Crippen LogP contribution in [0.4, 0.5) is 11.8 Å². The molecule has 2 heterocycles. The highest BCUT2D eigenvalue weighted by atomic mass is 16.5. The van der Waals surface area contributed by atoms with E-state index in [4.69, 9.17) is 20.2 Å². The fourth-order valence-corrected chi connectivity index (χ4v) is 4.81. The number of ether oxygens (including phenoxy) is 2. The zero-order valence-corrected chi connectivity index (χ0v) is 19.0. The van der Waals surface area contributed by atoms with Gasteiger partial charge in [0.2, 0.25) is 11.9 Å². The van der Waals surface area contributed by atoms with Crippen molar-refractivity contribution in [1.82, 2.24) is 14.9 Å². The molecule has 0 atom stereocenters. The van der Waals surface area contributed by atoms with Crippen LogP contribution in [0.5, 0.6) is 11.5 Å². The maximum Gasteiger partial charge on any atom is 0.228 e. The summed E-state index contributed by atoms with van der Waals surface area (Å²) < 4.78 is 10.8. The summed E-state index contributed by atoms with van der Waals surface area (Å²) >= 11 is 0. The first-order valence-corrected chi connectivity index (χ1v) is 11.3. The van der Waals surface area contributed by atoms with Gasteiger partial charge in [-0.1, -0.05) is 30.3 Å². The predicted octanol–water partition coefficient (Wildman–Crippen LogP) is 3.07. The molecule has 3 aromatic rings. The number of carbonyl (C=O) groups excluding carboxylic acids is 1. The summed E-state index contributed by atoms with van der Waals surface area (Å²) in [5.74, 6) is 3.08. The monoisotopic (exact) mass is 447 g/mol. The fourth-order valence-electron chi connectivity index (χ4n) is 4.81. The van der Waals surface area contributed by atoms with Crippen LogP contribution in [0.15, 0.2) is 42.5 Å². The minimum absolute atomic E-state index is 0.136. The van der Waals surface area contributed by atoms with E-state index in [0.29, 0.717) is 60.9 Å². The molecule has 1 saturated carbocycles. The van der Waals surface area contributed by atoms with Crippen LogP contribution in [0.3, 0.4) is 0 Å². The first-order valence-electron chi connectivity index (χ1n) is 11.3. The summed E-state index contributed by atoms with van der Waals surface area (Å²) in [4.78, 5) is 26.3. The Hall–Kier alpha value is -3.55. The van der Waals surface area contributed by atoms with Gasteiger partial charge in [0.1, 0.15) is 5.82 Å².